The van der Waals surface area contributed by atoms with E-state index < -0.39 is 17.9 Å². The van der Waals surface area contributed by atoms with E-state index in [0.717, 1.165) is 11.1 Å². The second-order valence-corrected chi connectivity index (χ2v) is 4.78. The minimum absolute atomic E-state index is 0.340. The Hall–Kier alpha value is -2.14. The molecule has 1 amide bonds. The largest absolute Gasteiger partial charge is 0.480 e. The van der Waals surface area contributed by atoms with Gasteiger partial charge in [-0.1, -0.05) is 29.8 Å². The van der Waals surface area contributed by atoms with Gasteiger partial charge in [-0.3, -0.25) is 4.79 Å². The molecule has 1 aromatic rings. The smallest absolute Gasteiger partial charge is 0.326 e. The third kappa shape index (κ3) is 6.72. The van der Waals surface area contributed by atoms with Gasteiger partial charge in [0.05, 0.1) is 0 Å². The van der Waals surface area contributed by atoms with Crippen molar-refractivity contribution >= 4 is 18.0 Å². The highest BCUT2D eigenvalue weighted by Crippen LogP contribution is 2.06. The van der Waals surface area contributed by atoms with Gasteiger partial charge in [0.25, 0.3) is 0 Å². The lowest BCUT2D eigenvalue weighted by Crippen LogP contribution is -2.40. The highest BCUT2D eigenvalue weighted by atomic mass is 16.5. The molecule has 0 heterocycles. The van der Waals surface area contributed by atoms with Crippen molar-refractivity contribution in [2.45, 2.75) is 25.8 Å². The Balaban J connectivity index is 2.55. The van der Waals surface area contributed by atoms with Crippen molar-refractivity contribution in [1.82, 2.24) is 5.32 Å². The number of methoxy groups -OCH3 is 1. The molecule has 1 aromatic carbocycles. The number of carbonyl (C=O) groups is 2. The second-order valence-electron chi connectivity index (χ2n) is 4.78. The van der Waals surface area contributed by atoms with E-state index in [1.807, 2.05) is 31.2 Å². The number of aryl methyl sites for hydroxylation is 1. The van der Waals surface area contributed by atoms with Crippen molar-refractivity contribution in [2.24, 2.45) is 0 Å². The van der Waals surface area contributed by atoms with Gasteiger partial charge in [0, 0.05) is 19.8 Å². The first-order valence-electron chi connectivity index (χ1n) is 6.80. The van der Waals surface area contributed by atoms with E-state index in [-0.39, 0.29) is 0 Å². The number of aliphatic carboxylic acids is 1. The molecule has 0 saturated heterocycles. The maximum absolute atomic E-state index is 11.8. The zero-order valence-electron chi connectivity index (χ0n) is 12.3. The molecule has 0 radical (unpaired) electrons. The third-order valence-electron chi connectivity index (χ3n) is 2.93. The topological polar surface area (TPSA) is 75.6 Å². The molecule has 1 rings (SSSR count). The van der Waals surface area contributed by atoms with Gasteiger partial charge in [0.2, 0.25) is 5.91 Å². The Bertz CT molecular complexity index is 511. The van der Waals surface area contributed by atoms with Gasteiger partial charge in [0.15, 0.2) is 0 Å². The lowest BCUT2D eigenvalue weighted by Gasteiger charge is -2.12. The number of carboxylic acid groups (broad SMARTS) is 1. The molecule has 5 heteroatoms. The predicted molar refractivity (Wildman–Crippen MR) is 80.9 cm³/mol. The number of benzene rings is 1. The van der Waals surface area contributed by atoms with Gasteiger partial charge in [-0.2, -0.15) is 0 Å². The molecule has 2 N–H and O–H groups in total. The van der Waals surface area contributed by atoms with Crippen LogP contribution in [0.5, 0.6) is 0 Å². The van der Waals surface area contributed by atoms with E-state index in [9.17, 15) is 9.59 Å². The molecule has 1 unspecified atom stereocenters. The molecular formula is C16H21NO4. The number of carboxylic acids is 1. The fourth-order valence-electron chi connectivity index (χ4n) is 1.85. The van der Waals surface area contributed by atoms with Crippen molar-refractivity contribution in [2.75, 3.05) is 13.7 Å². The van der Waals surface area contributed by atoms with E-state index in [2.05, 4.69) is 5.32 Å². The van der Waals surface area contributed by atoms with Gasteiger partial charge in [-0.25, -0.2) is 4.79 Å². The predicted octanol–water partition coefficient (Wildman–Crippen LogP) is 2.00. The quantitative estimate of drug-likeness (QED) is 0.567. The van der Waals surface area contributed by atoms with Crippen molar-refractivity contribution in [1.29, 1.82) is 0 Å². The maximum atomic E-state index is 11.8. The van der Waals surface area contributed by atoms with Gasteiger partial charge < -0.3 is 15.2 Å². The fourth-order valence-corrected chi connectivity index (χ4v) is 1.85. The van der Waals surface area contributed by atoms with Crippen LogP contribution in [0.1, 0.15) is 24.0 Å². The first-order chi connectivity index (χ1) is 10.0. The van der Waals surface area contributed by atoms with Crippen LogP contribution in [0, 0.1) is 6.92 Å². The first-order valence-corrected chi connectivity index (χ1v) is 6.80. The van der Waals surface area contributed by atoms with Crippen molar-refractivity contribution < 1.29 is 19.4 Å². The zero-order chi connectivity index (χ0) is 15.7. The minimum Gasteiger partial charge on any atom is -0.480 e. The van der Waals surface area contributed by atoms with E-state index in [1.165, 1.54) is 6.08 Å². The summed E-state index contributed by atoms with van der Waals surface area (Å²) in [5.74, 6) is -1.45. The molecule has 0 aliphatic rings. The molecule has 1 atom stereocenters. The summed E-state index contributed by atoms with van der Waals surface area (Å²) in [5.41, 5.74) is 2.00. The Morgan fingerprint density at radius 1 is 1.43 bits per heavy atom. The Kier molecular flexibility index (Phi) is 7.18. The number of hydrogen-bond donors (Lipinski definition) is 2. The highest BCUT2D eigenvalue weighted by molar-refractivity contribution is 5.94. The van der Waals surface area contributed by atoms with E-state index in [0.29, 0.717) is 19.4 Å². The summed E-state index contributed by atoms with van der Waals surface area (Å²) in [7, 11) is 1.55. The molecule has 0 spiro atoms. The number of rotatable bonds is 8. The van der Waals surface area contributed by atoms with E-state index >= 15 is 0 Å². The summed E-state index contributed by atoms with van der Waals surface area (Å²) in [5, 5.41) is 11.5. The van der Waals surface area contributed by atoms with Gasteiger partial charge in [-0.15, -0.1) is 0 Å². The third-order valence-corrected chi connectivity index (χ3v) is 2.93. The Labute approximate surface area is 124 Å². The molecular weight excluding hydrogens is 270 g/mol. The van der Waals surface area contributed by atoms with Crippen molar-refractivity contribution in [3.8, 4) is 0 Å². The number of ether oxygens (including phenoxy) is 1. The summed E-state index contributed by atoms with van der Waals surface area (Å²) in [6, 6.07) is 6.79. The zero-order valence-corrected chi connectivity index (χ0v) is 12.3. The SMILES string of the molecule is COCCCC(NC(=O)/C=C/c1cccc(C)c1)C(=O)O. The molecule has 0 aromatic heterocycles. The van der Waals surface area contributed by atoms with Crippen LogP contribution in [0.2, 0.25) is 0 Å². The number of nitrogens with one attached hydrogen (secondary N) is 1. The Morgan fingerprint density at radius 3 is 2.81 bits per heavy atom. The highest BCUT2D eigenvalue weighted by Gasteiger charge is 2.18. The van der Waals surface area contributed by atoms with Gasteiger partial charge in [0.1, 0.15) is 6.04 Å². The minimum atomic E-state index is -1.04. The van der Waals surface area contributed by atoms with Crippen LogP contribution in [0.15, 0.2) is 30.3 Å². The van der Waals surface area contributed by atoms with Gasteiger partial charge >= 0.3 is 5.97 Å². The molecule has 0 saturated carbocycles. The molecule has 5 nitrogen and oxygen atoms in total. The summed E-state index contributed by atoms with van der Waals surface area (Å²) >= 11 is 0. The van der Waals surface area contributed by atoms with Crippen LogP contribution >= 0.6 is 0 Å². The lowest BCUT2D eigenvalue weighted by molar-refractivity contribution is -0.141. The normalized spacial score (nSPS) is 12.3. The van der Waals surface area contributed by atoms with Crippen LogP contribution in [-0.4, -0.2) is 36.7 Å². The van der Waals surface area contributed by atoms with Gasteiger partial charge in [-0.05, 0) is 31.4 Å². The van der Waals surface area contributed by atoms with E-state index in [1.54, 1.807) is 13.2 Å². The summed E-state index contributed by atoms with van der Waals surface area (Å²) in [4.78, 5) is 22.8. The fraction of sp³-hybridized carbons (Fsp3) is 0.375. The first kappa shape index (κ1) is 16.9. The lowest BCUT2D eigenvalue weighted by atomic mass is 10.1. The molecule has 0 aliphatic carbocycles. The standard InChI is InChI=1S/C16H21NO4/c1-12-5-3-6-13(11-12)8-9-15(18)17-14(16(19)20)7-4-10-21-2/h3,5-6,8-9,11,14H,4,7,10H2,1-2H3,(H,17,18)(H,19,20)/b9-8+. The average Bonchev–Trinajstić information content (AvgIpc) is 2.44. The van der Waals surface area contributed by atoms with Crippen LogP contribution in [0.25, 0.3) is 6.08 Å². The monoisotopic (exact) mass is 291 g/mol. The summed E-state index contributed by atoms with van der Waals surface area (Å²) in [6.45, 7) is 2.44. The van der Waals surface area contributed by atoms with Crippen LogP contribution in [0.3, 0.4) is 0 Å². The Morgan fingerprint density at radius 2 is 2.19 bits per heavy atom. The summed E-state index contributed by atoms with van der Waals surface area (Å²) < 4.78 is 4.87. The number of hydrogen-bond acceptors (Lipinski definition) is 3. The van der Waals surface area contributed by atoms with E-state index in [4.69, 9.17) is 9.84 Å². The maximum Gasteiger partial charge on any atom is 0.326 e. The molecule has 0 bridgehead atoms. The molecule has 0 aliphatic heterocycles. The number of carbonyl (C=O) groups excluding carboxylic acids is 1. The molecule has 21 heavy (non-hydrogen) atoms. The molecule has 0 fully saturated rings. The number of amides is 1. The van der Waals surface area contributed by atoms with Crippen molar-refractivity contribution in [3.05, 3.63) is 41.5 Å². The molecule has 114 valence electrons. The van der Waals surface area contributed by atoms with Crippen LogP contribution in [-0.2, 0) is 14.3 Å². The average molecular weight is 291 g/mol. The second kappa shape index (κ2) is 8.92. The van der Waals surface area contributed by atoms with Crippen molar-refractivity contribution in [3.63, 3.8) is 0 Å². The van der Waals surface area contributed by atoms with Crippen LogP contribution in [0.4, 0.5) is 0 Å². The summed E-state index contributed by atoms with van der Waals surface area (Å²) in [6.07, 6.45) is 3.93. The van der Waals surface area contributed by atoms with Crippen LogP contribution < -0.4 is 5.32 Å².